The molecular weight excluding hydrogens is 210 g/mol. The lowest BCUT2D eigenvalue weighted by Crippen LogP contribution is -2.37. The summed E-state index contributed by atoms with van der Waals surface area (Å²) >= 11 is 0. The number of benzene rings is 1. The first-order chi connectivity index (χ1) is 6.86. The van der Waals surface area contributed by atoms with E-state index >= 15 is 0 Å². The van der Waals surface area contributed by atoms with Crippen LogP contribution in [0.3, 0.4) is 0 Å². The molecule has 1 fully saturated rings. The third-order valence-corrected chi connectivity index (χ3v) is 2.72. The summed E-state index contributed by atoms with van der Waals surface area (Å²) in [5, 5.41) is 2.91. The van der Waals surface area contributed by atoms with Crippen molar-refractivity contribution >= 4 is 18.3 Å². The van der Waals surface area contributed by atoms with Gasteiger partial charge in [-0.3, -0.25) is 4.79 Å². The minimum atomic E-state index is 0. The number of hydrogen-bond acceptors (Lipinski definition) is 1. The first-order valence-corrected chi connectivity index (χ1v) is 5.18. The van der Waals surface area contributed by atoms with Crippen molar-refractivity contribution in [3.8, 4) is 0 Å². The van der Waals surface area contributed by atoms with Gasteiger partial charge < -0.3 is 5.32 Å². The second kappa shape index (κ2) is 5.76. The topological polar surface area (TPSA) is 29.1 Å². The van der Waals surface area contributed by atoms with Crippen molar-refractivity contribution in [1.29, 1.82) is 0 Å². The van der Waals surface area contributed by atoms with Gasteiger partial charge in [0.1, 0.15) is 0 Å². The van der Waals surface area contributed by atoms with Crippen molar-refractivity contribution in [3.05, 3.63) is 35.9 Å². The largest absolute Gasteiger partial charge is 0.356 e. The molecule has 1 aliphatic heterocycles. The molecule has 0 saturated carbocycles. The summed E-state index contributed by atoms with van der Waals surface area (Å²) in [5.74, 6) is 0.409. The smallest absolute Gasteiger partial charge is 0.223 e. The summed E-state index contributed by atoms with van der Waals surface area (Å²) < 4.78 is 0. The molecule has 1 N–H and O–H groups in total. The molecule has 1 amide bonds. The van der Waals surface area contributed by atoms with Crippen molar-refractivity contribution < 1.29 is 4.79 Å². The average Bonchev–Trinajstić information content (AvgIpc) is 2.23. The van der Waals surface area contributed by atoms with E-state index in [0.717, 1.165) is 25.8 Å². The quantitative estimate of drug-likeness (QED) is 0.822. The lowest BCUT2D eigenvalue weighted by molar-refractivity contribution is -0.126. The number of carbonyl (C=O) groups excluding carboxylic acids is 1. The second-order valence-corrected chi connectivity index (χ2v) is 3.82. The van der Waals surface area contributed by atoms with Crippen LogP contribution < -0.4 is 5.32 Å². The van der Waals surface area contributed by atoms with Crippen LogP contribution in [0.2, 0.25) is 0 Å². The summed E-state index contributed by atoms with van der Waals surface area (Å²) in [6.07, 6.45) is 3.02. The van der Waals surface area contributed by atoms with Crippen LogP contribution in [0.5, 0.6) is 0 Å². The number of carbonyl (C=O) groups is 1. The molecule has 0 aliphatic carbocycles. The zero-order valence-electron chi connectivity index (χ0n) is 8.61. The van der Waals surface area contributed by atoms with Crippen molar-refractivity contribution in [2.75, 3.05) is 6.54 Å². The Bertz CT molecular complexity index is 313. The molecule has 2 rings (SSSR count). The van der Waals surface area contributed by atoms with Gasteiger partial charge in [-0.25, -0.2) is 0 Å². The van der Waals surface area contributed by atoms with E-state index < -0.39 is 0 Å². The zero-order valence-corrected chi connectivity index (χ0v) is 9.43. The normalized spacial score (nSPS) is 20.3. The Morgan fingerprint density at radius 3 is 2.67 bits per heavy atom. The molecule has 0 aromatic heterocycles. The van der Waals surface area contributed by atoms with Crippen LogP contribution in [0.25, 0.3) is 0 Å². The lowest BCUT2D eigenvalue weighted by atomic mass is 9.92. The van der Waals surface area contributed by atoms with E-state index in [9.17, 15) is 4.79 Å². The number of hydrogen-bond donors (Lipinski definition) is 1. The molecule has 0 bridgehead atoms. The Morgan fingerprint density at radius 2 is 2.00 bits per heavy atom. The van der Waals surface area contributed by atoms with E-state index in [0.29, 0.717) is 0 Å². The molecule has 1 aliphatic rings. The van der Waals surface area contributed by atoms with Crippen LogP contribution in [0.1, 0.15) is 18.4 Å². The highest BCUT2D eigenvalue weighted by Crippen LogP contribution is 2.16. The minimum absolute atomic E-state index is 0. The Hall–Kier alpha value is -1.02. The molecule has 3 heteroatoms. The Kier molecular flexibility index (Phi) is 4.63. The van der Waals surface area contributed by atoms with Crippen LogP contribution in [0.4, 0.5) is 0 Å². The number of rotatable bonds is 2. The predicted octanol–water partition coefficient (Wildman–Crippen LogP) is 2.18. The highest BCUT2D eigenvalue weighted by atomic mass is 35.5. The minimum Gasteiger partial charge on any atom is -0.356 e. The molecule has 0 radical (unpaired) electrons. The average molecular weight is 226 g/mol. The molecule has 1 aromatic carbocycles. The Labute approximate surface area is 96.5 Å². The maximum atomic E-state index is 11.5. The van der Waals surface area contributed by atoms with Crippen LogP contribution in [-0.2, 0) is 11.2 Å². The molecular formula is C12H16ClNO. The third kappa shape index (κ3) is 3.24. The molecule has 1 aromatic rings. The highest BCUT2D eigenvalue weighted by Gasteiger charge is 2.21. The summed E-state index contributed by atoms with van der Waals surface area (Å²) in [5.41, 5.74) is 1.26. The van der Waals surface area contributed by atoms with Gasteiger partial charge in [0.25, 0.3) is 0 Å². The van der Waals surface area contributed by atoms with Gasteiger partial charge in [-0.05, 0) is 24.8 Å². The third-order valence-electron chi connectivity index (χ3n) is 2.72. The van der Waals surface area contributed by atoms with Gasteiger partial charge in [0.05, 0.1) is 0 Å². The van der Waals surface area contributed by atoms with E-state index in [-0.39, 0.29) is 24.2 Å². The van der Waals surface area contributed by atoms with Crippen LogP contribution in [0.15, 0.2) is 30.3 Å². The number of amides is 1. The predicted molar refractivity (Wildman–Crippen MR) is 63.1 cm³/mol. The van der Waals surface area contributed by atoms with Crippen molar-refractivity contribution in [3.63, 3.8) is 0 Å². The first kappa shape index (κ1) is 12.1. The summed E-state index contributed by atoms with van der Waals surface area (Å²) in [7, 11) is 0. The van der Waals surface area contributed by atoms with Crippen molar-refractivity contribution in [2.45, 2.75) is 19.3 Å². The molecule has 1 atom stereocenters. The molecule has 1 saturated heterocycles. The van der Waals surface area contributed by atoms with Crippen LogP contribution >= 0.6 is 12.4 Å². The lowest BCUT2D eigenvalue weighted by Gasteiger charge is -2.21. The van der Waals surface area contributed by atoms with E-state index in [1.807, 2.05) is 18.2 Å². The molecule has 2 nitrogen and oxygen atoms in total. The second-order valence-electron chi connectivity index (χ2n) is 3.82. The van der Waals surface area contributed by atoms with E-state index in [1.54, 1.807) is 0 Å². The van der Waals surface area contributed by atoms with E-state index in [2.05, 4.69) is 17.4 Å². The van der Waals surface area contributed by atoms with Gasteiger partial charge in [-0.15, -0.1) is 12.4 Å². The first-order valence-electron chi connectivity index (χ1n) is 5.18. The van der Waals surface area contributed by atoms with Crippen LogP contribution in [-0.4, -0.2) is 12.5 Å². The maximum absolute atomic E-state index is 11.5. The van der Waals surface area contributed by atoms with Gasteiger partial charge in [-0.2, -0.15) is 0 Å². The van der Waals surface area contributed by atoms with Gasteiger partial charge in [0.2, 0.25) is 5.91 Å². The molecule has 1 heterocycles. The fourth-order valence-electron chi connectivity index (χ4n) is 1.93. The van der Waals surface area contributed by atoms with Gasteiger partial charge in [0.15, 0.2) is 0 Å². The zero-order chi connectivity index (χ0) is 9.80. The highest BCUT2D eigenvalue weighted by molar-refractivity contribution is 5.85. The summed E-state index contributed by atoms with van der Waals surface area (Å²) in [4.78, 5) is 11.5. The van der Waals surface area contributed by atoms with Gasteiger partial charge in [-0.1, -0.05) is 30.3 Å². The van der Waals surface area contributed by atoms with Gasteiger partial charge in [0, 0.05) is 12.5 Å². The van der Waals surface area contributed by atoms with Crippen molar-refractivity contribution in [2.24, 2.45) is 5.92 Å². The molecule has 82 valence electrons. The number of piperidine rings is 1. The fourth-order valence-corrected chi connectivity index (χ4v) is 1.93. The summed E-state index contributed by atoms with van der Waals surface area (Å²) in [6, 6.07) is 10.2. The maximum Gasteiger partial charge on any atom is 0.223 e. The van der Waals surface area contributed by atoms with Crippen molar-refractivity contribution in [1.82, 2.24) is 5.32 Å². The van der Waals surface area contributed by atoms with E-state index in [4.69, 9.17) is 0 Å². The molecule has 1 unspecified atom stereocenters. The number of halogens is 1. The fraction of sp³-hybridized carbons (Fsp3) is 0.417. The Balaban J connectivity index is 0.00000112. The molecule has 0 spiro atoms. The number of nitrogens with one attached hydrogen (secondary N) is 1. The Morgan fingerprint density at radius 1 is 1.27 bits per heavy atom. The molecule has 15 heavy (non-hydrogen) atoms. The standard InChI is InChI=1S/C12H15NO.ClH/c14-12-11(7-4-8-13-12)9-10-5-2-1-3-6-10;/h1-3,5-6,11H,4,7-9H2,(H,13,14);1H. The van der Waals surface area contributed by atoms with E-state index in [1.165, 1.54) is 5.56 Å². The summed E-state index contributed by atoms with van der Waals surface area (Å²) in [6.45, 7) is 0.851. The monoisotopic (exact) mass is 225 g/mol. The SMILES string of the molecule is Cl.O=C1NCCCC1Cc1ccccc1. The van der Waals surface area contributed by atoms with Gasteiger partial charge >= 0.3 is 0 Å². The van der Waals surface area contributed by atoms with Crippen LogP contribution in [0, 0.1) is 5.92 Å².